The van der Waals surface area contributed by atoms with Crippen LogP contribution in [-0.4, -0.2) is 64.3 Å². The molecule has 0 bridgehead atoms. The zero-order chi connectivity index (χ0) is 21.4. The minimum atomic E-state index is -0.240. The molecule has 31 heavy (non-hydrogen) atoms. The summed E-state index contributed by atoms with van der Waals surface area (Å²) in [6, 6.07) is 12.1. The Bertz CT molecular complexity index is 1070. The monoisotopic (exact) mass is 435 g/mol. The molecule has 160 valence electrons. The Morgan fingerprint density at radius 1 is 1.13 bits per heavy atom. The minimum Gasteiger partial charge on any atom is -0.344 e. The van der Waals surface area contributed by atoms with E-state index in [1.54, 1.807) is 17.5 Å². The van der Waals surface area contributed by atoms with Crippen LogP contribution in [-0.2, 0) is 16.1 Å². The van der Waals surface area contributed by atoms with Crippen molar-refractivity contribution < 1.29 is 9.59 Å². The molecule has 2 saturated heterocycles. The number of nitrogens with zero attached hydrogens (tertiary/aromatic N) is 5. The molecule has 0 radical (unpaired) electrons. The zero-order valence-electron chi connectivity index (χ0n) is 17.5. The largest absolute Gasteiger partial charge is 0.344 e. The first-order valence-electron chi connectivity index (χ1n) is 10.7. The number of benzene rings is 1. The van der Waals surface area contributed by atoms with Gasteiger partial charge in [0.05, 0.1) is 5.92 Å². The molecule has 2 aliphatic rings. The van der Waals surface area contributed by atoms with E-state index in [2.05, 4.69) is 39.1 Å². The maximum atomic E-state index is 13.1. The molecular formula is C23H25N5O2S. The van der Waals surface area contributed by atoms with Crippen molar-refractivity contribution in [1.29, 1.82) is 0 Å². The van der Waals surface area contributed by atoms with Gasteiger partial charge in [-0.3, -0.25) is 9.59 Å². The van der Waals surface area contributed by atoms with Crippen molar-refractivity contribution in [3.05, 3.63) is 53.7 Å². The highest BCUT2D eigenvalue weighted by molar-refractivity contribution is 7.21. The Morgan fingerprint density at radius 2 is 1.90 bits per heavy atom. The van der Waals surface area contributed by atoms with Crippen molar-refractivity contribution in [2.24, 2.45) is 5.92 Å². The third kappa shape index (κ3) is 4.12. The summed E-state index contributed by atoms with van der Waals surface area (Å²) in [6.45, 7) is 5.94. The first kappa shape index (κ1) is 19.9. The molecule has 3 aromatic rings. The second-order valence-corrected chi connectivity index (χ2v) is 9.25. The van der Waals surface area contributed by atoms with E-state index in [4.69, 9.17) is 0 Å². The summed E-state index contributed by atoms with van der Waals surface area (Å²) >= 11 is 1.59. The number of piperazine rings is 1. The average molecular weight is 436 g/mol. The number of anilines is 1. The van der Waals surface area contributed by atoms with Crippen LogP contribution in [0.15, 0.2) is 42.6 Å². The van der Waals surface area contributed by atoms with Gasteiger partial charge in [0.25, 0.3) is 0 Å². The smallest absolute Gasteiger partial charge is 0.228 e. The van der Waals surface area contributed by atoms with Crippen LogP contribution in [0.3, 0.4) is 0 Å². The van der Waals surface area contributed by atoms with Gasteiger partial charge in [0.15, 0.2) is 5.13 Å². The predicted octanol–water partition coefficient (Wildman–Crippen LogP) is 2.70. The van der Waals surface area contributed by atoms with Gasteiger partial charge in [-0.15, -0.1) is 0 Å². The number of hydrogen-bond acceptors (Lipinski definition) is 6. The van der Waals surface area contributed by atoms with Crippen molar-refractivity contribution in [3.63, 3.8) is 0 Å². The highest BCUT2D eigenvalue weighted by Crippen LogP contribution is 2.28. The van der Waals surface area contributed by atoms with E-state index in [9.17, 15) is 9.59 Å². The van der Waals surface area contributed by atoms with Crippen molar-refractivity contribution in [3.8, 4) is 0 Å². The fraction of sp³-hybridized carbons (Fsp3) is 0.391. The molecule has 8 heteroatoms. The van der Waals surface area contributed by atoms with Crippen LogP contribution in [0.25, 0.3) is 10.3 Å². The van der Waals surface area contributed by atoms with E-state index in [-0.39, 0.29) is 17.7 Å². The molecule has 0 spiro atoms. The molecule has 0 saturated carbocycles. The van der Waals surface area contributed by atoms with Crippen molar-refractivity contribution >= 4 is 38.6 Å². The normalized spacial score (nSPS) is 19.5. The van der Waals surface area contributed by atoms with Crippen LogP contribution in [0.2, 0.25) is 0 Å². The number of carbonyl (C=O) groups is 2. The number of thiazole rings is 1. The average Bonchev–Trinajstić information content (AvgIpc) is 3.38. The lowest BCUT2D eigenvalue weighted by Crippen LogP contribution is -2.50. The maximum Gasteiger partial charge on any atom is 0.228 e. The lowest BCUT2D eigenvalue weighted by atomic mass is 10.1. The van der Waals surface area contributed by atoms with E-state index in [1.165, 1.54) is 5.56 Å². The van der Waals surface area contributed by atoms with Crippen LogP contribution < -0.4 is 4.90 Å². The molecule has 1 unspecified atom stereocenters. The Kier molecular flexibility index (Phi) is 5.31. The topological polar surface area (TPSA) is 69.6 Å². The molecule has 2 aliphatic heterocycles. The molecule has 7 nitrogen and oxygen atoms in total. The quantitative estimate of drug-likeness (QED) is 0.630. The molecule has 0 aliphatic carbocycles. The third-order valence-electron chi connectivity index (χ3n) is 6.07. The summed E-state index contributed by atoms with van der Waals surface area (Å²) < 4.78 is 0. The molecule has 4 heterocycles. The van der Waals surface area contributed by atoms with Crippen LogP contribution >= 0.6 is 11.3 Å². The van der Waals surface area contributed by atoms with E-state index in [0.717, 1.165) is 34.1 Å². The van der Waals surface area contributed by atoms with Crippen LogP contribution in [0, 0.1) is 12.8 Å². The van der Waals surface area contributed by atoms with Crippen molar-refractivity contribution in [2.75, 3.05) is 37.6 Å². The second-order valence-electron chi connectivity index (χ2n) is 8.30. The van der Waals surface area contributed by atoms with Gasteiger partial charge >= 0.3 is 0 Å². The highest BCUT2D eigenvalue weighted by Gasteiger charge is 2.37. The van der Waals surface area contributed by atoms with Crippen LogP contribution in [0.5, 0.6) is 0 Å². The number of aromatic nitrogens is 2. The van der Waals surface area contributed by atoms with Gasteiger partial charge < -0.3 is 14.7 Å². The number of likely N-dealkylation sites (tertiary alicyclic amines) is 1. The van der Waals surface area contributed by atoms with Crippen LogP contribution in [0.4, 0.5) is 5.13 Å². The molecule has 2 amide bonds. The Hall–Kier alpha value is -3.00. The summed E-state index contributed by atoms with van der Waals surface area (Å²) in [6.07, 6.45) is 2.10. The highest BCUT2D eigenvalue weighted by atomic mass is 32.1. The van der Waals surface area contributed by atoms with E-state index >= 15 is 0 Å². The lowest BCUT2D eigenvalue weighted by Gasteiger charge is -2.35. The molecule has 2 aromatic heterocycles. The fourth-order valence-corrected chi connectivity index (χ4v) is 5.23. The maximum absolute atomic E-state index is 13.1. The Labute approximate surface area is 185 Å². The molecule has 2 fully saturated rings. The summed E-state index contributed by atoms with van der Waals surface area (Å²) in [7, 11) is 0. The van der Waals surface area contributed by atoms with Crippen molar-refractivity contribution in [1.82, 2.24) is 19.8 Å². The number of rotatable bonds is 4. The summed E-state index contributed by atoms with van der Waals surface area (Å²) in [4.78, 5) is 41.5. The first-order valence-corrected chi connectivity index (χ1v) is 11.5. The van der Waals surface area contributed by atoms with E-state index < -0.39 is 0 Å². The number of aryl methyl sites for hydroxylation is 1. The Morgan fingerprint density at radius 3 is 2.65 bits per heavy atom. The number of hydrogen-bond donors (Lipinski definition) is 0. The van der Waals surface area contributed by atoms with E-state index in [1.807, 2.05) is 28.9 Å². The summed E-state index contributed by atoms with van der Waals surface area (Å²) in [5.74, 6) is -0.0685. The second kappa shape index (κ2) is 8.26. The van der Waals surface area contributed by atoms with Gasteiger partial charge in [-0.2, -0.15) is 0 Å². The standard InChI is InChI=1S/C23H25N5O2S/c1-16-4-6-17(7-5-16)14-28-15-18(13-20(28)29)22(30)26-9-11-27(12-10-26)23-25-19-3-2-8-24-21(19)31-23/h2-8,18H,9-15H2,1H3. The molecule has 0 N–H and O–H groups in total. The number of carbonyl (C=O) groups excluding carboxylic acids is 2. The van der Waals surface area contributed by atoms with Crippen LogP contribution in [0.1, 0.15) is 17.5 Å². The predicted molar refractivity (Wildman–Crippen MR) is 121 cm³/mol. The fourth-order valence-electron chi connectivity index (χ4n) is 4.27. The first-order chi connectivity index (χ1) is 15.1. The molecule has 5 rings (SSSR count). The molecule has 1 aromatic carbocycles. The third-order valence-corrected chi connectivity index (χ3v) is 7.11. The lowest BCUT2D eigenvalue weighted by molar-refractivity contribution is -0.136. The van der Waals surface area contributed by atoms with Gasteiger partial charge in [0.1, 0.15) is 10.3 Å². The summed E-state index contributed by atoms with van der Waals surface area (Å²) in [5, 5.41) is 0.959. The SMILES string of the molecule is Cc1ccc(CN2CC(C(=O)N3CCN(c4nc5cccnc5s4)CC3)CC2=O)cc1. The number of amides is 2. The van der Waals surface area contributed by atoms with Gasteiger partial charge in [0, 0.05) is 51.9 Å². The van der Waals surface area contributed by atoms with Crippen molar-refractivity contribution in [2.45, 2.75) is 19.9 Å². The minimum absolute atomic E-state index is 0.0690. The zero-order valence-corrected chi connectivity index (χ0v) is 18.3. The van der Waals surface area contributed by atoms with Gasteiger partial charge in [-0.05, 0) is 24.6 Å². The molecule has 1 atom stereocenters. The summed E-state index contributed by atoms with van der Waals surface area (Å²) in [5.41, 5.74) is 3.22. The van der Waals surface area contributed by atoms with Gasteiger partial charge in [-0.1, -0.05) is 41.2 Å². The van der Waals surface area contributed by atoms with E-state index in [0.29, 0.717) is 32.6 Å². The Balaban J connectivity index is 1.17. The van der Waals surface area contributed by atoms with Gasteiger partial charge in [-0.25, -0.2) is 9.97 Å². The molecular weight excluding hydrogens is 410 g/mol. The number of fused-ring (bicyclic) bond motifs is 1. The number of pyridine rings is 1. The van der Waals surface area contributed by atoms with Gasteiger partial charge in [0.2, 0.25) is 11.8 Å².